The van der Waals surface area contributed by atoms with Gasteiger partial charge in [-0.25, -0.2) is 0 Å². The van der Waals surface area contributed by atoms with Gasteiger partial charge in [0.2, 0.25) is 5.91 Å². The van der Waals surface area contributed by atoms with Crippen molar-refractivity contribution in [2.75, 3.05) is 31.1 Å². The van der Waals surface area contributed by atoms with Crippen molar-refractivity contribution in [1.82, 2.24) is 10.6 Å². The lowest BCUT2D eigenvalue weighted by atomic mass is 9.94. The molecule has 27 heavy (non-hydrogen) atoms. The molecule has 0 bridgehead atoms. The number of hydrogen-bond acceptors (Lipinski definition) is 4. The number of anilines is 1. The van der Waals surface area contributed by atoms with Crippen LogP contribution >= 0.6 is 12.4 Å². The Balaban J connectivity index is 0.00000210. The average molecular weight is 388 g/mol. The van der Waals surface area contributed by atoms with Crippen molar-refractivity contribution in [2.45, 2.75) is 12.5 Å². The quantitative estimate of drug-likeness (QED) is 0.839. The minimum atomic E-state index is -0.208. The van der Waals surface area contributed by atoms with Crippen molar-refractivity contribution in [1.29, 1.82) is 0 Å². The first-order valence-corrected chi connectivity index (χ1v) is 8.82. The topological polar surface area (TPSA) is 70.7 Å². The monoisotopic (exact) mass is 387 g/mol. The van der Waals surface area contributed by atoms with Crippen LogP contribution in [0.3, 0.4) is 0 Å². The Hall–Kier alpha value is -2.57. The van der Waals surface area contributed by atoms with Crippen LogP contribution in [-0.4, -0.2) is 38.1 Å². The Labute approximate surface area is 164 Å². The number of benzene rings is 2. The van der Waals surface area contributed by atoms with Crippen molar-refractivity contribution in [2.24, 2.45) is 0 Å². The van der Waals surface area contributed by atoms with E-state index in [1.807, 2.05) is 24.3 Å². The summed E-state index contributed by atoms with van der Waals surface area (Å²) in [5.74, 6) is 0.239. The fourth-order valence-electron chi connectivity index (χ4n) is 3.52. The van der Waals surface area contributed by atoms with Gasteiger partial charge in [0.05, 0.1) is 5.69 Å². The first-order valence-electron chi connectivity index (χ1n) is 8.82. The summed E-state index contributed by atoms with van der Waals surface area (Å²) in [6.07, 6.45) is 1.000. The molecule has 2 aliphatic rings. The third-order valence-corrected chi connectivity index (χ3v) is 4.83. The molecule has 2 aliphatic heterocycles. The Bertz CT molecular complexity index is 843. The fourth-order valence-corrected chi connectivity index (χ4v) is 3.52. The summed E-state index contributed by atoms with van der Waals surface area (Å²) in [4.78, 5) is 26.1. The smallest absolute Gasteiger partial charge is 0.265 e. The number of nitrogens with one attached hydrogen (secondary N) is 2. The largest absolute Gasteiger partial charge is 0.482 e. The number of halogens is 1. The highest BCUT2D eigenvalue weighted by Crippen LogP contribution is 2.31. The van der Waals surface area contributed by atoms with Gasteiger partial charge in [-0.05, 0) is 36.2 Å². The van der Waals surface area contributed by atoms with Crippen molar-refractivity contribution in [3.63, 3.8) is 0 Å². The second kappa shape index (κ2) is 8.41. The van der Waals surface area contributed by atoms with Gasteiger partial charge in [0.1, 0.15) is 12.3 Å². The van der Waals surface area contributed by atoms with E-state index in [1.54, 1.807) is 12.1 Å². The van der Waals surface area contributed by atoms with Crippen molar-refractivity contribution < 1.29 is 14.3 Å². The zero-order valence-electron chi connectivity index (χ0n) is 14.8. The lowest BCUT2D eigenvalue weighted by Gasteiger charge is -2.30. The summed E-state index contributed by atoms with van der Waals surface area (Å²) >= 11 is 0. The van der Waals surface area contributed by atoms with Crippen LogP contribution < -0.4 is 20.3 Å². The summed E-state index contributed by atoms with van der Waals surface area (Å²) in [5, 5.41) is 6.40. The molecule has 0 spiro atoms. The first-order chi connectivity index (χ1) is 12.7. The Kier molecular flexibility index (Phi) is 5.98. The van der Waals surface area contributed by atoms with Gasteiger partial charge in [-0.2, -0.15) is 0 Å². The number of para-hydroxylation sites is 2. The van der Waals surface area contributed by atoms with E-state index in [1.165, 1.54) is 16.0 Å². The number of carbonyl (C=O) groups excluding carboxylic acids is 2. The maximum atomic E-state index is 12.4. The number of amides is 2. The highest BCUT2D eigenvalue weighted by atomic mass is 35.5. The van der Waals surface area contributed by atoms with Crippen LogP contribution in [0.25, 0.3) is 0 Å². The van der Waals surface area contributed by atoms with Gasteiger partial charge in [-0.3, -0.25) is 14.5 Å². The third-order valence-electron chi connectivity index (χ3n) is 4.83. The van der Waals surface area contributed by atoms with Gasteiger partial charge in [-0.1, -0.05) is 36.4 Å². The molecule has 0 fully saturated rings. The van der Waals surface area contributed by atoms with Gasteiger partial charge >= 0.3 is 0 Å². The highest BCUT2D eigenvalue weighted by molar-refractivity contribution is 6.02. The molecule has 2 aromatic carbocycles. The SMILES string of the molecule is Cl.O=C(CN1C(=O)COc2ccccc21)NCC1NCCc2ccccc21. The number of fused-ring (bicyclic) bond motifs is 2. The molecule has 0 radical (unpaired) electrons. The lowest BCUT2D eigenvalue weighted by Crippen LogP contribution is -2.47. The van der Waals surface area contributed by atoms with Gasteiger partial charge in [-0.15, -0.1) is 12.4 Å². The van der Waals surface area contributed by atoms with Gasteiger partial charge in [0.25, 0.3) is 5.91 Å². The molecule has 6 nitrogen and oxygen atoms in total. The maximum Gasteiger partial charge on any atom is 0.265 e. The molecule has 0 saturated heterocycles. The number of carbonyl (C=O) groups is 2. The molecule has 1 atom stereocenters. The highest BCUT2D eigenvalue weighted by Gasteiger charge is 2.27. The van der Waals surface area contributed by atoms with E-state index in [-0.39, 0.29) is 43.4 Å². The minimum absolute atomic E-state index is 0. The Morgan fingerprint density at radius 2 is 1.96 bits per heavy atom. The molecule has 4 rings (SSSR count). The minimum Gasteiger partial charge on any atom is -0.482 e. The van der Waals surface area contributed by atoms with Crippen LogP contribution in [0.15, 0.2) is 48.5 Å². The van der Waals surface area contributed by atoms with E-state index >= 15 is 0 Å². The second-order valence-corrected chi connectivity index (χ2v) is 6.50. The maximum absolute atomic E-state index is 12.4. The Morgan fingerprint density at radius 1 is 1.19 bits per heavy atom. The molecule has 2 amide bonds. The first kappa shape index (κ1) is 19.2. The summed E-state index contributed by atoms with van der Waals surface area (Å²) in [6.45, 7) is 1.35. The molecule has 0 aliphatic carbocycles. The summed E-state index contributed by atoms with van der Waals surface area (Å²) in [5.41, 5.74) is 3.19. The predicted molar refractivity (Wildman–Crippen MR) is 105 cm³/mol. The number of hydrogen-bond donors (Lipinski definition) is 2. The molecule has 0 aromatic heterocycles. The number of ether oxygens (including phenoxy) is 1. The van der Waals surface area contributed by atoms with Crippen LogP contribution in [0.2, 0.25) is 0 Å². The van der Waals surface area contributed by atoms with Crippen molar-refractivity contribution >= 4 is 29.9 Å². The summed E-state index contributed by atoms with van der Waals surface area (Å²) in [6, 6.07) is 15.7. The average Bonchev–Trinajstić information content (AvgIpc) is 2.68. The molecular weight excluding hydrogens is 366 g/mol. The molecule has 1 unspecified atom stereocenters. The molecule has 7 heteroatoms. The molecule has 2 heterocycles. The normalized spacial score (nSPS) is 17.9. The predicted octanol–water partition coefficient (Wildman–Crippen LogP) is 1.84. The van der Waals surface area contributed by atoms with Gasteiger partial charge in [0.15, 0.2) is 6.61 Å². The molecule has 2 N–H and O–H groups in total. The number of nitrogens with zero attached hydrogens (tertiary/aromatic N) is 1. The fraction of sp³-hybridized carbons (Fsp3) is 0.300. The molecule has 2 aromatic rings. The third kappa shape index (κ3) is 4.07. The van der Waals surface area contributed by atoms with Crippen LogP contribution in [0.4, 0.5) is 5.69 Å². The van der Waals surface area contributed by atoms with E-state index < -0.39 is 0 Å². The summed E-state index contributed by atoms with van der Waals surface area (Å²) in [7, 11) is 0. The van der Waals surface area contributed by atoms with Gasteiger partial charge in [0, 0.05) is 12.6 Å². The van der Waals surface area contributed by atoms with Crippen LogP contribution in [0.5, 0.6) is 5.75 Å². The van der Waals surface area contributed by atoms with Crippen molar-refractivity contribution in [3.8, 4) is 5.75 Å². The van der Waals surface area contributed by atoms with E-state index in [2.05, 4.69) is 22.8 Å². The second-order valence-electron chi connectivity index (χ2n) is 6.50. The molecule has 0 saturated carbocycles. The Morgan fingerprint density at radius 3 is 2.85 bits per heavy atom. The van der Waals surface area contributed by atoms with Crippen LogP contribution in [0, 0.1) is 0 Å². The van der Waals surface area contributed by atoms with Gasteiger partial charge < -0.3 is 15.4 Å². The lowest BCUT2D eigenvalue weighted by molar-refractivity contribution is -0.125. The van der Waals surface area contributed by atoms with Crippen LogP contribution in [0.1, 0.15) is 17.2 Å². The van der Waals surface area contributed by atoms with E-state index in [0.717, 1.165) is 13.0 Å². The zero-order valence-corrected chi connectivity index (χ0v) is 15.6. The summed E-state index contributed by atoms with van der Waals surface area (Å²) < 4.78 is 5.41. The standard InChI is InChI=1S/C20H21N3O3.ClH/c24-19(12-23-17-7-3-4-8-18(17)26-13-20(23)25)22-11-16-15-6-2-1-5-14(15)9-10-21-16;/h1-8,16,21H,9-13H2,(H,22,24);1H. The molecular formula is C20H22ClN3O3. The molecule has 142 valence electrons. The van der Waals surface area contributed by atoms with E-state index in [9.17, 15) is 9.59 Å². The number of rotatable bonds is 4. The van der Waals surface area contributed by atoms with E-state index in [0.29, 0.717) is 18.0 Å². The van der Waals surface area contributed by atoms with Crippen molar-refractivity contribution in [3.05, 3.63) is 59.7 Å². The van der Waals surface area contributed by atoms with E-state index in [4.69, 9.17) is 4.74 Å². The van der Waals surface area contributed by atoms with Crippen LogP contribution in [-0.2, 0) is 16.0 Å². The zero-order chi connectivity index (χ0) is 17.9.